The van der Waals surface area contributed by atoms with Gasteiger partial charge >= 0.3 is 0 Å². The molecule has 1 N–H and O–H groups in total. The number of rotatable bonds is 11. The molecule has 3 aromatic rings. The number of nitrogens with one attached hydrogen (secondary N) is 1. The summed E-state index contributed by atoms with van der Waals surface area (Å²) < 4.78 is 28.3. The van der Waals surface area contributed by atoms with Gasteiger partial charge in [0.15, 0.2) is 0 Å². The molecule has 1 atom stereocenters. The van der Waals surface area contributed by atoms with Crippen molar-refractivity contribution in [2.75, 3.05) is 10.8 Å². The second-order valence-electron chi connectivity index (χ2n) is 9.44. The molecule has 3 rings (SSSR count). The van der Waals surface area contributed by atoms with Crippen LogP contribution in [0, 0.1) is 17.0 Å². The lowest BCUT2D eigenvalue weighted by atomic mass is 10.1. The van der Waals surface area contributed by atoms with E-state index >= 15 is 0 Å². The van der Waals surface area contributed by atoms with Gasteiger partial charge in [0, 0.05) is 24.7 Å². The summed E-state index contributed by atoms with van der Waals surface area (Å²) in [5, 5.41) is 14.0. The van der Waals surface area contributed by atoms with Crippen LogP contribution in [0.2, 0.25) is 0 Å². The molecule has 0 aromatic heterocycles. The van der Waals surface area contributed by atoms with Crippen LogP contribution >= 0.6 is 0 Å². The molecule has 0 fully saturated rings. The van der Waals surface area contributed by atoms with Crippen molar-refractivity contribution in [3.8, 4) is 0 Å². The molecular formula is C28H32N4O6S. The van der Waals surface area contributed by atoms with Crippen molar-refractivity contribution in [3.05, 3.63) is 100 Å². The van der Waals surface area contributed by atoms with Gasteiger partial charge in [-0.2, -0.15) is 0 Å². The highest BCUT2D eigenvalue weighted by Crippen LogP contribution is 2.26. The maximum atomic E-state index is 13.8. The van der Waals surface area contributed by atoms with E-state index in [-0.39, 0.29) is 34.8 Å². The molecule has 11 heteroatoms. The number of nitro benzene ring substituents is 1. The minimum atomic E-state index is -4.24. The van der Waals surface area contributed by atoms with Crippen LogP contribution in [0.3, 0.4) is 0 Å². The van der Waals surface area contributed by atoms with Crippen molar-refractivity contribution in [2.24, 2.45) is 0 Å². The van der Waals surface area contributed by atoms with Gasteiger partial charge in [0.05, 0.1) is 15.5 Å². The number of benzene rings is 3. The van der Waals surface area contributed by atoms with Crippen LogP contribution in [-0.2, 0) is 26.2 Å². The van der Waals surface area contributed by atoms with Gasteiger partial charge in [-0.3, -0.25) is 24.0 Å². The van der Waals surface area contributed by atoms with Crippen molar-refractivity contribution in [1.82, 2.24) is 10.2 Å². The number of anilines is 1. The van der Waals surface area contributed by atoms with Crippen LogP contribution < -0.4 is 9.62 Å². The van der Waals surface area contributed by atoms with Gasteiger partial charge in [0.1, 0.15) is 12.6 Å². The van der Waals surface area contributed by atoms with Crippen LogP contribution in [0.15, 0.2) is 83.8 Å². The molecule has 0 spiro atoms. The van der Waals surface area contributed by atoms with E-state index < -0.39 is 33.4 Å². The van der Waals surface area contributed by atoms with Gasteiger partial charge in [0.2, 0.25) is 11.8 Å². The number of amides is 2. The zero-order valence-corrected chi connectivity index (χ0v) is 23.1. The Morgan fingerprint density at radius 1 is 0.923 bits per heavy atom. The molecule has 0 heterocycles. The summed E-state index contributed by atoms with van der Waals surface area (Å²) in [4.78, 5) is 38.6. The Labute approximate surface area is 228 Å². The van der Waals surface area contributed by atoms with Crippen molar-refractivity contribution < 1.29 is 22.9 Å². The molecule has 39 heavy (non-hydrogen) atoms. The van der Waals surface area contributed by atoms with Gasteiger partial charge < -0.3 is 10.2 Å². The van der Waals surface area contributed by atoms with Gasteiger partial charge in [-0.05, 0) is 57.5 Å². The van der Waals surface area contributed by atoms with Crippen LogP contribution in [-0.4, -0.2) is 48.7 Å². The fourth-order valence-corrected chi connectivity index (χ4v) is 5.30. The summed E-state index contributed by atoms with van der Waals surface area (Å²) in [5.74, 6) is -0.988. The van der Waals surface area contributed by atoms with Crippen molar-refractivity contribution in [1.29, 1.82) is 0 Å². The lowest BCUT2D eigenvalue weighted by molar-refractivity contribution is -0.384. The van der Waals surface area contributed by atoms with E-state index in [2.05, 4.69) is 5.32 Å². The Balaban J connectivity index is 2.03. The number of non-ortho nitro benzene ring substituents is 1. The molecule has 0 aliphatic heterocycles. The quantitative estimate of drug-likeness (QED) is 0.282. The highest BCUT2D eigenvalue weighted by Gasteiger charge is 2.32. The van der Waals surface area contributed by atoms with E-state index in [9.17, 15) is 28.1 Å². The summed E-state index contributed by atoms with van der Waals surface area (Å²) in [7, 11) is -4.24. The van der Waals surface area contributed by atoms with E-state index in [4.69, 9.17) is 0 Å². The van der Waals surface area contributed by atoms with Crippen molar-refractivity contribution in [2.45, 2.75) is 51.2 Å². The fourth-order valence-electron chi connectivity index (χ4n) is 3.87. The summed E-state index contributed by atoms with van der Waals surface area (Å²) in [5.41, 5.74) is 1.65. The predicted molar refractivity (Wildman–Crippen MR) is 149 cm³/mol. The molecule has 10 nitrogen and oxygen atoms in total. The minimum Gasteiger partial charge on any atom is -0.352 e. The average molecular weight is 553 g/mol. The van der Waals surface area contributed by atoms with Crippen molar-refractivity contribution >= 4 is 33.2 Å². The van der Waals surface area contributed by atoms with Crippen LogP contribution in [0.25, 0.3) is 0 Å². The van der Waals surface area contributed by atoms with E-state index in [1.165, 1.54) is 41.3 Å². The first kappa shape index (κ1) is 29.3. The van der Waals surface area contributed by atoms with E-state index in [0.717, 1.165) is 15.4 Å². The molecule has 0 aliphatic rings. The molecular weight excluding hydrogens is 520 g/mol. The smallest absolute Gasteiger partial charge is 0.269 e. The van der Waals surface area contributed by atoms with Gasteiger partial charge in [-0.1, -0.05) is 48.0 Å². The maximum absolute atomic E-state index is 13.8. The number of nitrogens with zero attached hydrogens (tertiary/aromatic N) is 3. The monoisotopic (exact) mass is 552 g/mol. The largest absolute Gasteiger partial charge is 0.352 e. The Hall–Kier alpha value is -4.25. The summed E-state index contributed by atoms with van der Waals surface area (Å²) in [6.07, 6.45) is 0. The molecule has 0 saturated heterocycles. The summed E-state index contributed by atoms with van der Waals surface area (Å²) in [6.45, 7) is 6.58. The summed E-state index contributed by atoms with van der Waals surface area (Å²) >= 11 is 0. The molecule has 0 aliphatic carbocycles. The molecule has 0 saturated carbocycles. The molecule has 206 valence electrons. The summed E-state index contributed by atoms with van der Waals surface area (Å²) in [6, 6.07) is 18.9. The highest BCUT2D eigenvalue weighted by molar-refractivity contribution is 7.92. The second-order valence-corrected chi connectivity index (χ2v) is 11.3. The minimum absolute atomic E-state index is 0.0492. The molecule has 2 amide bonds. The first-order chi connectivity index (χ1) is 18.4. The Morgan fingerprint density at radius 2 is 1.51 bits per heavy atom. The third kappa shape index (κ3) is 7.41. The van der Waals surface area contributed by atoms with Gasteiger partial charge in [-0.15, -0.1) is 0 Å². The zero-order chi connectivity index (χ0) is 28.7. The number of nitro groups is 1. The normalized spacial score (nSPS) is 12.0. The van der Waals surface area contributed by atoms with Crippen LogP contribution in [0.5, 0.6) is 0 Å². The molecule has 3 aromatic carbocycles. The highest BCUT2D eigenvalue weighted by atomic mass is 32.2. The van der Waals surface area contributed by atoms with Crippen molar-refractivity contribution in [3.63, 3.8) is 0 Å². The van der Waals surface area contributed by atoms with E-state index in [0.29, 0.717) is 0 Å². The Bertz CT molecular complexity index is 1410. The predicted octanol–water partition coefficient (Wildman–Crippen LogP) is 4.04. The standard InChI is InChI=1S/C28H32N4O6S/c1-20(2)29-28(34)22(4)30(18-23-12-10-21(3)11-13-23)27(33)19-31(24-14-16-25(17-15-24)32(35)36)39(37,38)26-8-6-5-7-9-26/h5-17,20,22H,18-19H2,1-4H3,(H,29,34). The average Bonchev–Trinajstić information content (AvgIpc) is 2.91. The number of hydrogen-bond acceptors (Lipinski definition) is 6. The van der Waals surface area contributed by atoms with Crippen LogP contribution in [0.1, 0.15) is 31.9 Å². The number of carbonyl (C=O) groups is 2. The van der Waals surface area contributed by atoms with Crippen LogP contribution in [0.4, 0.5) is 11.4 Å². The SMILES string of the molecule is Cc1ccc(CN(C(=O)CN(c2ccc([N+](=O)[O-])cc2)S(=O)(=O)c2ccccc2)C(C)C(=O)NC(C)C)cc1. The first-order valence-electron chi connectivity index (χ1n) is 12.4. The number of aryl methyl sites for hydroxylation is 1. The zero-order valence-electron chi connectivity index (χ0n) is 22.3. The lowest BCUT2D eigenvalue weighted by Gasteiger charge is -2.32. The third-order valence-electron chi connectivity index (χ3n) is 6.03. The molecule has 1 unspecified atom stereocenters. The van der Waals surface area contributed by atoms with E-state index in [1.54, 1.807) is 39.0 Å². The second kappa shape index (κ2) is 12.5. The molecule has 0 bridgehead atoms. The maximum Gasteiger partial charge on any atom is 0.269 e. The van der Waals surface area contributed by atoms with E-state index in [1.807, 2.05) is 31.2 Å². The first-order valence-corrected chi connectivity index (χ1v) is 13.8. The molecule has 0 radical (unpaired) electrons. The Kier molecular flexibility index (Phi) is 9.42. The number of sulfonamides is 1. The number of carbonyl (C=O) groups excluding carboxylic acids is 2. The topological polar surface area (TPSA) is 130 Å². The fraction of sp³-hybridized carbons (Fsp3) is 0.286. The lowest BCUT2D eigenvalue weighted by Crippen LogP contribution is -2.52. The van der Waals surface area contributed by atoms with Gasteiger partial charge in [-0.25, -0.2) is 8.42 Å². The number of hydrogen-bond donors (Lipinski definition) is 1. The third-order valence-corrected chi connectivity index (χ3v) is 7.82. The van der Waals surface area contributed by atoms with Gasteiger partial charge in [0.25, 0.3) is 15.7 Å². The Morgan fingerprint density at radius 3 is 2.05 bits per heavy atom.